The molecule has 1 atom stereocenters. The van der Waals surface area contributed by atoms with Crippen molar-refractivity contribution in [2.24, 2.45) is 0 Å². The monoisotopic (exact) mass is 315 g/mol. The smallest absolute Gasteiger partial charge is 0.324 e. The predicted octanol–water partition coefficient (Wildman–Crippen LogP) is 0.687. The molecule has 0 bridgehead atoms. The molecule has 0 aromatic heterocycles. The van der Waals surface area contributed by atoms with Gasteiger partial charge >= 0.3 is 24.3 Å². The Hall–Kier alpha value is -1.58. The maximum Gasteiger partial charge on any atom is 0.324 e. The molecule has 1 fully saturated rings. The standard InChI is InChI=1S/C11H17F4N3O3/c1-7(8(19)20)17-2-4-18(5-3-17)10(21)16-6-11(14,15)9(12)13/h7,9H,2-6H2,1H3,(H,16,21)(H,19,20). The van der Waals surface area contributed by atoms with E-state index in [4.69, 9.17) is 5.11 Å². The minimum atomic E-state index is -4.27. The number of rotatable bonds is 5. The minimum absolute atomic E-state index is 0.143. The molecule has 0 spiro atoms. The number of nitrogens with zero attached hydrogens (tertiary/aromatic N) is 2. The van der Waals surface area contributed by atoms with Crippen molar-refractivity contribution in [1.29, 1.82) is 0 Å². The van der Waals surface area contributed by atoms with E-state index in [1.807, 2.05) is 0 Å². The molecule has 0 saturated carbocycles. The van der Waals surface area contributed by atoms with E-state index in [0.29, 0.717) is 0 Å². The second kappa shape index (κ2) is 6.92. The fourth-order valence-corrected chi connectivity index (χ4v) is 1.85. The number of carbonyl (C=O) groups excluding carboxylic acids is 1. The Morgan fingerprint density at radius 2 is 1.76 bits per heavy atom. The lowest BCUT2D eigenvalue weighted by Gasteiger charge is -2.36. The fraction of sp³-hybridized carbons (Fsp3) is 0.818. The summed E-state index contributed by atoms with van der Waals surface area (Å²) >= 11 is 0. The van der Waals surface area contributed by atoms with Crippen molar-refractivity contribution in [1.82, 2.24) is 15.1 Å². The molecule has 2 amide bonds. The molecular weight excluding hydrogens is 298 g/mol. The largest absolute Gasteiger partial charge is 0.480 e. The SMILES string of the molecule is CC(C(=O)O)N1CCN(C(=O)NCC(F)(F)C(F)F)CC1. The van der Waals surface area contributed by atoms with Gasteiger partial charge in [0.2, 0.25) is 0 Å². The Labute approximate surface area is 118 Å². The molecule has 0 aromatic carbocycles. The second-order valence-electron chi connectivity index (χ2n) is 4.76. The predicted molar refractivity (Wildman–Crippen MR) is 64.6 cm³/mol. The summed E-state index contributed by atoms with van der Waals surface area (Å²) in [7, 11) is 0. The van der Waals surface area contributed by atoms with E-state index < -0.39 is 36.9 Å². The van der Waals surface area contributed by atoms with Crippen LogP contribution in [0.4, 0.5) is 22.4 Å². The average Bonchev–Trinajstić information content (AvgIpc) is 2.44. The Morgan fingerprint density at radius 3 is 2.19 bits per heavy atom. The number of carboxylic acids is 1. The van der Waals surface area contributed by atoms with Crippen LogP contribution in [0, 0.1) is 0 Å². The molecular formula is C11H17F4N3O3. The number of piperazine rings is 1. The van der Waals surface area contributed by atoms with Crippen molar-refractivity contribution < 1.29 is 32.3 Å². The molecule has 0 aromatic rings. The van der Waals surface area contributed by atoms with Crippen LogP contribution in [0.25, 0.3) is 0 Å². The van der Waals surface area contributed by atoms with Gasteiger partial charge in [0.1, 0.15) is 6.04 Å². The third-order valence-electron chi connectivity index (χ3n) is 3.30. The number of hydrogen-bond acceptors (Lipinski definition) is 3. The van der Waals surface area contributed by atoms with Gasteiger partial charge in [0, 0.05) is 26.2 Å². The number of carbonyl (C=O) groups is 2. The summed E-state index contributed by atoms with van der Waals surface area (Å²) in [5.74, 6) is -5.26. The Bertz CT molecular complexity index is 387. The van der Waals surface area contributed by atoms with E-state index in [1.165, 1.54) is 11.8 Å². The van der Waals surface area contributed by atoms with Gasteiger partial charge in [-0.25, -0.2) is 13.6 Å². The lowest BCUT2D eigenvalue weighted by Crippen LogP contribution is -2.56. The highest BCUT2D eigenvalue weighted by molar-refractivity contribution is 5.75. The maximum absolute atomic E-state index is 12.7. The number of hydrogen-bond donors (Lipinski definition) is 2. The highest BCUT2D eigenvalue weighted by Gasteiger charge is 2.41. The van der Waals surface area contributed by atoms with Crippen LogP contribution >= 0.6 is 0 Å². The summed E-state index contributed by atoms with van der Waals surface area (Å²) in [6.07, 6.45) is -3.84. The van der Waals surface area contributed by atoms with Gasteiger partial charge in [-0.15, -0.1) is 0 Å². The molecule has 0 radical (unpaired) electrons. The number of amides is 2. The van der Waals surface area contributed by atoms with Crippen molar-refractivity contribution in [3.63, 3.8) is 0 Å². The lowest BCUT2D eigenvalue weighted by molar-refractivity contribution is -0.143. The van der Waals surface area contributed by atoms with Gasteiger partial charge in [-0.05, 0) is 6.92 Å². The summed E-state index contributed by atoms with van der Waals surface area (Å²) in [4.78, 5) is 25.2. The van der Waals surface area contributed by atoms with E-state index in [2.05, 4.69) is 0 Å². The van der Waals surface area contributed by atoms with Crippen molar-refractivity contribution in [2.45, 2.75) is 25.3 Å². The number of nitrogens with one attached hydrogen (secondary N) is 1. The van der Waals surface area contributed by atoms with Crippen LogP contribution in [0.3, 0.4) is 0 Å². The van der Waals surface area contributed by atoms with Gasteiger partial charge in [-0.2, -0.15) is 8.78 Å². The van der Waals surface area contributed by atoms with Crippen LogP contribution in [-0.2, 0) is 4.79 Å². The van der Waals surface area contributed by atoms with Crippen LogP contribution in [0.1, 0.15) is 6.92 Å². The summed E-state index contributed by atoms with van der Waals surface area (Å²) in [6, 6.07) is -1.57. The van der Waals surface area contributed by atoms with Crippen LogP contribution in [0.2, 0.25) is 0 Å². The summed E-state index contributed by atoms with van der Waals surface area (Å²) in [5.41, 5.74) is 0. The fourth-order valence-electron chi connectivity index (χ4n) is 1.85. The molecule has 1 unspecified atom stereocenters. The van der Waals surface area contributed by atoms with Crippen LogP contribution in [0.5, 0.6) is 0 Å². The number of urea groups is 1. The normalized spacial score (nSPS) is 18.7. The highest BCUT2D eigenvalue weighted by Crippen LogP contribution is 2.21. The van der Waals surface area contributed by atoms with Crippen molar-refractivity contribution in [3.8, 4) is 0 Å². The van der Waals surface area contributed by atoms with E-state index in [9.17, 15) is 27.2 Å². The summed E-state index contributed by atoms with van der Waals surface area (Å²) < 4.78 is 49.2. The number of halogens is 4. The Kier molecular flexibility index (Phi) is 5.76. The van der Waals surface area contributed by atoms with E-state index in [1.54, 1.807) is 10.2 Å². The molecule has 1 heterocycles. The topological polar surface area (TPSA) is 72.9 Å². The van der Waals surface area contributed by atoms with Crippen molar-refractivity contribution >= 4 is 12.0 Å². The van der Waals surface area contributed by atoms with E-state index in [-0.39, 0.29) is 26.2 Å². The first-order valence-electron chi connectivity index (χ1n) is 6.30. The van der Waals surface area contributed by atoms with Gasteiger partial charge in [0.15, 0.2) is 0 Å². The van der Waals surface area contributed by atoms with Crippen molar-refractivity contribution in [2.75, 3.05) is 32.7 Å². The van der Waals surface area contributed by atoms with Crippen molar-refractivity contribution in [3.05, 3.63) is 0 Å². The van der Waals surface area contributed by atoms with Crippen LogP contribution < -0.4 is 5.32 Å². The molecule has 0 aliphatic carbocycles. The van der Waals surface area contributed by atoms with Gasteiger partial charge in [-0.1, -0.05) is 0 Å². The molecule has 1 rings (SSSR count). The van der Waals surface area contributed by atoms with Gasteiger partial charge in [0.05, 0.1) is 6.54 Å². The second-order valence-corrected chi connectivity index (χ2v) is 4.76. The highest BCUT2D eigenvalue weighted by atomic mass is 19.3. The minimum Gasteiger partial charge on any atom is -0.480 e. The zero-order valence-electron chi connectivity index (χ0n) is 11.4. The third kappa shape index (κ3) is 4.73. The molecule has 122 valence electrons. The Morgan fingerprint density at radius 1 is 1.24 bits per heavy atom. The van der Waals surface area contributed by atoms with E-state index in [0.717, 1.165) is 0 Å². The average molecular weight is 315 g/mol. The Balaban J connectivity index is 2.41. The van der Waals surface area contributed by atoms with E-state index >= 15 is 0 Å². The summed E-state index contributed by atoms with van der Waals surface area (Å²) in [6.45, 7) is 0.891. The molecule has 21 heavy (non-hydrogen) atoms. The van der Waals surface area contributed by atoms with Crippen LogP contribution in [0.15, 0.2) is 0 Å². The zero-order valence-corrected chi connectivity index (χ0v) is 11.4. The third-order valence-corrected chi connectivity index (χ3v) is 3.30. The summed E-state index contributed by atoms with van der Waals surface area (Å²) in [5, 5.41) is 10.6. The number of carboxylic acid groups (broad SMARTS) is 1. The number of alkyl halides is 4. The molecule has 2 N–H and O–H groups in total. The maximum atomic E-state index is 12.7. The van der Waals surface area contributed by atoms with Crippen LogP contribution in [-0.4, -0.2) is 78.0 Å². The molecule has 6 nitrogen and oxygen atoms in total. The first kappa shape index (κ1) is 17.5. The molecule has 1 aliphatic heterocycles. The molecule has 1 aliphatic rings. The van der Waals surface area contributed by atoms with Gasteiger partial charge in [0.25, 0.3) is 0 Å². The molecule has 1 saturated heterocycles. The van der Waals surface area contributed by atoms with Gasteiger partial charge < -0.3 is 15.3 Å². The zero-order chi connectivity index (χ0) is 16.2. The number of aliphatic carboxylic acids is 1. The quantitative estimate of drug-likeness (QED) is 0.732. The first-order valence-corrected chi connectivity index (χ1v) is 6.30. The molecule has 10 heteroatoms. The lowest BCUT2D eigenvalue weighted by atomic mass is 10.2. The van der Waals surface area contributed by atoms with Gasteiger partial charge in [-0.3, -0.25) is 9.69 Å². The first-order chi connectivity index (χ1) is 9.65.